The summed E-state index contributed by atoms with van der Waals surface area (Å²) in [5.74, 6) is -0.595. The lowest BCUT2D eigenvalue weighted by Gasteiger charge is -2.21. The van der Waals surface area contributed by atoms with E-state index in [1.165, 1.54) is 29.6 Å². The Labute approximate surface area is 133 Å². The van der Waals surface area contributed by atoms with Crippen LogP contribution in [0, 0.1) is 0 Å². The molecule has 0 aliphatic carbocycles. The van der Waals surface area contributed by atoms with Gasteiger partial charge in [-0.15, -0.1) is 0 Å². The summed E-state index contributed by atoms with van der Waals surface area (Å²) >= 11 is 3.21. The van der Waals surface area contributed by atoms with Crippen LogP contribution in [-0.4, -0.2) is 38.9 Å². The predicted molar refractivity (Wildman–Crippen MR) is 84.7 cm³/mol. The first-order chi connectivity index (χ1) is 9.73. The van der Waals surface area contributed by atoms with Crippen molar-refractivity contribution in [2.75, 3.05) is 20.2 Å². The number of esters is 1. The van der Waals surface area contributed by atoms with Gasteiger partial charge in [-0.05, 0) is 41.1 Å². The van der Waals surface area contributed by atoms with Crippen molar-refractivity contribution in [2.45, 2.75) is 18.7 Å². The highest BCUT2D eigenvalue weighted by Crippen LogP contribution is 2.24. The topological polar surface area (TPSA) is 63.7 Å². The molecule has 0 aliphatic heterocycles. The Hall–Kier alpha value is -1.18. The van der Waals surface area contributed by atoms with Crippen molar-refractivity contribution in [1.29, 1.82) is 0 Å². The number of likely N-dealkylation sites (N-methyl/N-ethyl adjacent to an activating group) is 1. The van der Waals surface area contributed by atoms with Crippen LogP contribution in [0.25, 0.3) is 0 Å². The molecule has 0 bridgehead atoms. The summed E-state index contributed by atoms with van der Waals surface area (Å²) in [7, 11) is -2.44. The van der Waals surface area contributed by atoms with Gasteiger partial charge in [0, 0.05) is 17.6 Å². The number of benzene rings is 1. The number of sulfonamides is 1. The number of ether oxygens (including phenoxy) is 1. The molecule has 0 spiro atoms. The number of rotatable bonds is 6. The Kier molecular flexibility index (Phi) is 6.12. The fourth-order valence-electron chi connectivity index (χ4n) is 1.75. The molecule has 5 nitrogen and oxygen atoms in total. The highest BCUT2D eigenvalue weighted by molar-refractivity contribution is 9.10. The van der Waals surface area contributed by atoms with E-state index in [9.17, 15) is 13.2 Å². The minimum absolute atomic E-state index is 0.0502. The standard InChI is InChI=1S/C14H18BrNO4S/c1-5-16(9-10(2)3)21(18,19)11-6-7-13(15)12(8-11)14(17)20-4/h6-8H,2,5,9H2,1,3-4H3. The van der Waals surface area contributed by atoms with Crippen molar-refractivity contribution in [3.63, 3.8) is 0 Å². The Morgan fingerprint density at radius 3 is 2.52 bits per heavy atom. The molecule has 0 radical (unpaired) electrons. The van der Waals surface area contributed by atoms with Crippen molar-refractivity contribution in [1.82, 2.24) is 4.31 Å². The quantitative estimate of drug-likeness (QED) is 0.566. The lowest BCUT2D eigenvalue weighted by Crippen LogP contribution is -2.32. The second-order valence-corrected chi connectivity index (χ2v) is 7.31. The molecule has 116 valence electrons. The molecular weight excluding hydrogens is 358 g/mol. The first-order valence-electron chi connectivity index (χ1n) is 6.26. The maximum absolute atomic E-state index is 12.6. The lowest BCUT2D eigenvalue weighted by atomic mass is 10.2. The molecule has 0 saturated heterocycles. The first-order valence-corrected chi connectivity index (χ1v) is 8.49. The van der Waals surface area contributed by atoms with E-state index < -0.39 is 16.0 Å². The zero-order valence-corrected chi connectivity index (χ0v) is 14.6. The van der Waals surface area contributed by atoms with Gasteiger partial charge in [0.1, 0.15) is 0 Å². The summed E-state index contributed by atoms with van der Waals surface area (Å²) in [4.78, 5) is 11.7. The summed E-state index contributed by atoms with van der Waals surface area (Å²) in [5, 5.41) is 0. The average molecular weight is 376 g/mol. The third kappa shape index (κ3) is 4.15. The highest BCUT2D eigenvalue weighted by Gasteiger charge is 2.25. The van der Waals surface area contributed by atoms with Crippen LogP contribution in [0.2, 0.25) is 0 Å². The molecule has 0 aromatic heterocycles. The minimum Gasteiger partial charge on any atom is -0.465 e. The van der Waals surface area contributed by atoms with E-state index in [1.807, 2.05) is 0 Å². The highest BCUT2D eigenvalue weighted by atomic mass is 79.9. The molecule has 0 heterocycles. The summed E-state index contributed by atoms with van der Waals surface area (Å²) in [5.41, 5.74) is 0.913. The van der Waals surface area contributed by atoms with Crippen LogP contribution in [-0.2, 0) is 14.8 Å². The monoisotopic (exact) mass is 375 g/mol. The summed E-state index contributed by atoms with van der Waals surface area (Å²) in [6.07, 6.45) is 0. The smallest absolute Gasteiger partial charge is 0.339 e. The van der Waals surface area contributed by atoms with Crippen molar-refractivity contribution in [3.8, 4) is 0 Å². The van der Waals surface area contributed by atoms with E-state index in [4.69, 9.17) is 0 Å². The maximum Gasteiger partial charge on any atom is 0.339 e. The largest absolute Gasteiger partial charge is 0.465 e. The van der Waals surface area contributed by atoms with Gasteiger partial charge in [0.05, 0.1) is 17.6 Å². The molecule has 0 N–H and O–H groups in total. The Balaban J connectivity index is 3.31. The van der Waals surface area contributed by atoms with Crippen LogP contribution in [0.15, 0.2) is 39.7 Å². The van der Waals surface area contributed by atoms with Gasteiger partial charge in [-0.2, -0.15) is 4.31 Å². The summed E-state index contributed by atoms with van der Waals surface area (Å²) in [6, 6.07) is 4.28. The summed E-state index contributed by atoms with van der Waals surface area (Å²) < 4.78 is 31.6. The van der Waals surface area contributed by atoms with E-state index in [1.54, 1.807) is 13.8 Å². The van der Waals surface area contributed by atoms with E-state index in [-0.39, 0.29) is 17.0 Å². The number of carbonyl (C=O) groups excluding carboxylic acids is 1. The second kappa shape index (κ2) is 7.20. The normalized spacial score (nSPS) is 11.5. The van der Waals surface area contributed by atoms with Gasteiger partial charge in [0.15, 0.2) is 0 Å². The molecule has 0 fully saturated rings. The first kappa shape index (κ1) is 17.9. The third-order valence-corrected chi connectivity index (χ3v) is 5.39. The van der Waals surface area contributed by atoms with Crippen LogP contribution in [0.4, 0.5) is 0 Å². The molecule has 0 amide bonds. The molecule has 7 heteroatoms. The van der Waals surface area contributed by atoms with E-state index in [0.717, 1.165) is 5.57 Å². The van der Waals surface area contributed by atoms with Gasteiger partial charge in [0.2, 0.25) is 10.0 Å². The van der Waals surface area contributed by atoms with Gasteiger partial charge >= 0.3 is 5.97 Å². The van der Waals surface area contributed by atoms with Crippen molar-refractivity contribution < 1.29 is 17.9 Å². The maximum atomic E-state index is 12.6. The van der Waals surface area contributed by atoms with Gasteiger partial charge in [-0.1, -0.05) is 19.1 Å². The Morgan fingerprint density at radius 1 is 1.43 bits per heavy atom. The van der Waals surface area contributed by atoms with Gasteiger partial charge in [-0.25, -0.2) is 13.2 Å². The number of hydrogen-bond acceptors (Lipinski definition) is 4. The lowest BCUT2D eigenvalue weighted by molar-refractivity contribution is 0.0599. The molecule has 1 aromatic rings. The molecule has 0 atom stereocenters. The Morgan fingerprint density at radius 2 is 2.05 bits per heavy atom. The fraction of sp³-hybridized carbons (Fsp3) is 0.357. The van der Waals surface area contributed by atoms with Gasteiger partial charge in [0.25, 0.3) is 0 Å². The molecule has 21 heavy (non-hydrogen) atoms. The number of carbonyl (C=O) groups is 1. The van der Waals surface area contributed by atoms with E-state index in [2.05, 4.69) is 27.2 Å². The van der Waals surface area contributed by atoms with Gasteiger partial charge < -0.3 is 4.74 Å². The van der Waals surface area contributed by atoms with Crippen LogP contribution in [0.5, 0.6) is 0 Å². The van der Waals surface area contributed by atoms with Crippen LogP contribution >= 0.6 is 15.9 Å². The fourth-order valence-corrected chi connectivity index (χ4v) is 3.69. The summed E-state index contributed by atoms with van der Waals surface area (Å²) in [6.45, 7) is 7.81. The predicted octanol–water partition coefficient (Wildman–Crippen LogP) is 2.82. The van der Waals surface area contributed by atoms with Crippen LogP contribution < -0.4 is 0 Å². The third-order valence-electron chi connectivity index (χ3n) is 2.78. The van der Waals surface area contributed by atoms with Crippen LogP contribution in [0.3, 0.4) is 0 Å². The zero-order valence-electron chi connectivity index (χ0n) is 12.2. The molecule has 0 saturated carbocycles. The van der Waals surface area contributed by atoms with Crippen molar-refractivity contribution in [2.24, 2.45) is 0 Å². The number of methoxy groups -OCH3 is 1. The number of hydrogen-bond donors (Lipinski definition) is 0. The molecule has 1 rings (SSSR count). The molecule has 0 unspecified atom stereocenters. The minimum atomic E-state index is -3.68. The van der Waals surface area contributed by atoms with Crippen molar-refractivity contribution in [3.05, 3.63) is 40.4 Å². The van der Waals surface area contributed by atoms with Gasteiger partial charge in [-0.3, -0.25) is 0 Å². The molecular formula is C14H18BrNO4S. The van der Waals surface area contributed by atoms with E-state index >= 15 is 0 Å². The zero-order chi connectivity index (χ0) is 16.2. The second-order valence-electron chi connectivity index (χ2n) is 4.52. The van der Waals surface area contributed by atoms with Crippen LogP contribution in [0.1, 0.15) is 24.2 Å². The molecule has 0 aliphatic rings. The molecule has 1 aromatic carbocycles. The van der Waals surface area contributed by atoms with E-state index in [0.29, 0.717) is 11.0 Å². The Bertz CT molecular complexity index is 655. The number of halogens is 1. The number of nitrogens with zero attached hydrogens (tertiary/aromatic N) is 1. The SMILES string of the molecule is C=C(C)CN(CC)S(=O)(=O)c1ccc(Br)c(C(=O)OC)c1. The van der Waals surface area contributed by atoms with Crippen molar-refractivity contribution >= 4 is 31.9 Å². The average Bonchev–Trinajstić information content (AvgIpc) is 2.43.